The zero-order chi connectivity index (χ0) is 14.8. The number of hydrogen-bond acceptors (Lipinski definition) is 5. The number of nitrogens with one attached hydrogen (secondary N) is 1. The molecule has 1 fully saturated rings. The molecule has 0 spiro atoms. The summed E-state index contributed by atoms with van der Waals surface area (Å²) in [5.74, 6) is -1.57. The molecule has 1 aromatic heterocycles. The normalized spacial score (nSPS) is 20.9. The van der Waals surface area contributed by atoms with Crippen molar-refractivity contribution in [2.45, 2.75) is 26.3 Å². The molecule has 1 aliphatic rings. The second-order valence-corrected chi connectivity index (χ2v) is 7.54. The number of aliphatic carboxylic acids is 1. The highest BCUT2D eigenvalue weighted by molar-refractivity contribution is 7.87. The molecule has 1 aliphatic heterocycles. The molecule has 0 bridgehead atoms. The fourth-order valence-electron chi connectivity index (χ4n) is 2.11. The van der Waals surface area contributed by atoms with E-state index in [4.69, 9.17) is 5.11 Å². The first kappa shape index (κ1) is 15.4. The van der Waals surface area contributed by atoms with E-state index in [0.29, 0.717) is 25.1 Å². The van der Waals surface area contributed by atoms with E-state index in [2.05, 4.69) is 9.71 Å². The van der Waals surface area contributed by atoms with E-state index in [1.54, 1.807) is 5.38 Å². The highest BCUT2D eigenvalue weighted by Gasteiger charge is 2.32. The van der Waals surface area contributed by atoms with Crippen LogP contribution in [-0.4, -0.2) is 41.9 Å². The van der Waals surface area contributed by atoms with Crippen LogP contribution in [0, 0.1) is 12.8 Å². The molecule has 2 N–H and O–H groups in total. The van der Waals surface area contributed by atoms with Gasteiger partial charge in [-0.1, -0.05) is 0 Å². The minimum atomic E-state index is -3.65. The fourth-order valence-corrected chi connectivity index (χ4v) is 3.98. The Morgan fingerprint density at radius 1 is 1.65 bits per heavy atom. The summed E-state index contributed by atoms with van der Waals surface area (Å²) in [6.07, 6.45) is 1.08. The van der Waals surface area contributed by atoms with Gasteiger partial charge in [-0.15, -0.1) is 11.3 Å². The predicted octanol–water partition coefficient (Wildman–Crippen LogP) is 0.583. The summed E-state index contributed by atoms with van der Waals surface area (Å²) in [5, 5.41) is 11.7. The Kier molecular flexibility index (Phi) is 4.74. The van der Waals surface area contributed by atoms with Crippen LogP contribution in [0.15, 0.2) is 5.38 Å². The highest BCUT2D eigenvalue weighted by Crippen LogP contribution is 2.19. The summed E-state index contributed by atoms with van der Waals surface area (Å²) >= 11 is 1.46. The van der Waals surface area contributed by atoms with Gasteiger partial charge in [0.1, 0.15) is 0 Å². The van der Waals surface area contributed by atoms with Crippen molar-refractivity contribution in [3.63, 3.8) is 0 Å². The van der Waals surface area contributed by atoms with Crippen LogP contribution in [0.2, 0.25) is 0 Å². The highest BCUT2D eigenvalue weighted by atomic mass is 32.2. The molecule has 0 saturated carbocycles. The lowest BCUT2D eigenvalue weighted by molar-refractivity contribution is -0.142. The van der Waals surface area contributed by atoms with E-state index in [9.17, 15) is 13.2 Å². The second-order valence-electron chi connectivity index (χ2n) is 4.72. The molecule has 7 nitrogen and oxygen atoms in total. The van der Waals surface area contributed by atoms with Crippen molar-refractivity contribution in [1.82, 2.24) is 14.0 Å². The first-order valence-electron chi connectivity index (χ1n) is 6.27. The molecule has 112 valence electrons. The van der Waals surface area contributed by atoms with Gasteiger partial charge < -0.3 is 5.11 Å². The summed E-state index contributed by atoms with van der Waals surface area (Å²) in [6, 6.07) is 0. The number of hydrogen-bond donors (Lipinski definition) is 2. The Bertz CT molecular complexity index is 584. The third-order valence-corrected chi connectivity index (χ3v) is 5.52. The largest absolute Gasteiger partial charge is 0.481 e. The first-order valence-corrected chi connectivity index (χ1v) is 8.59. The van der Waals surface area contributed by atoms with Gasteiger partial charge in [0.25, 0.3) is 10.2 Å². The number of carbonyl (C=O) groups is 1. The van der Waals surface area contributed by atoms with Crippen molar-refractivity contribution in [2.24, 2.45) is 5.92 Å². The number of rotatable bonds is 5. The average molecular weight is 319 g/mol. The summed E-state index contributed by atoms with van der Waals surface area (Å²) in [6.45, 7) is 2.36. The smallest absolute Gasteiger partial charge is 0.307 e. The maximum atomic E-state index is 12.1. The summed E-state index contributed by atoms with van der Waals surface area (Å²) < 4.78 is 27.9. The van der Waals surface area contributed by atoms with Gasteiger partial charge in [-0.05, 0) is 19.8 Å². The molecule has 0 amide bonds. The molecule has 20 heavy (non-hydrogen) atoms. The second kappa shape index (κ2) is 6.17. The Balaban J connectivity index is 1.97. The van der Waals surface area contributed by atoms with Crippen molar-refractivity contribution < 1.29 is 18.3 Å². The molecule has 0 aliphatic carbocycles. The zero-order valence-electron chi connectivity index (χ0n) is 11.1. The van der Waals surface area contributed by atoms with Gasteiger partial charge in [-0.3, -0.25) is 4.79 Å². The minimum absolute atomic E-state index is 0.0285. The van der Waals surface area contributed by atoms with E-state index in [1.165, 1.54) is 15.6 Å². The molecule has 2 heterocycles. The van der Waals surface area contributed by atoms with Crippen molar-refractivity contribution in [1.29, 1.82) is 0 Å². The maximum Gasteiger partial charge on any atom is 0.307 e. The number of aryl methyl sites for hydroxylation is 1. The summed E-state index contributed by atoms with van der Waals surface area (Å²) in [5.41, 5.74) is 0.669. The van der Waals surface area contributed by atoms with Crippen LogP contribution in [-0.2, 0) is 21.5 Å². The van der Waals surface area contributed by atoms with Crippen LogP contribution < -0.4 is 4.72 Å². The van der Waals surface area contributed by atoms with Crippen LogP contribution in [0.25, 0.3) is 0 Å². The molecule has 2 rings (SSSR count). The van der Waals surface area contributed by atoms with Crippen molar-refractivity contribution >= 4 is 27.5 Å². The molecule has 1 aromatic rings. The van der Waals surface area contributed by atoms with Crippen molar-refractivity contribution in [3.8, 4) is 0 Å². The van der Waals surface area contributed by atoms with E-state index >= 15 is 0 Å². The molecule has 0 radical (unpaired) electrons. The Hall–Kier alpha value is -1.03. The molecule has 0 aromatic carbocycles. The standard InChI is InChI=1S/C11H17N3O4S2/c1-8-13-10(7-19-8)5-12-20(17,18)14-4-2-3-9(6-14)11(15)16/h7,9,12H,2-6H2,1H3,(H,15,16)/t9-/m1/s1. The van der Waals surface area contributed by atoms with Crippen LogP contribution in [0.1, 0.15) is 23.5 Å². The van der Waals surface area contributed by atoms with Gasteiger partial charge in [-0.2, -0.15) is 17.4 Å². The molecule has 9 heteroatoms. The third kappa shape index (κ3) is 3.75. The van der Waals surface area contributed by atoms with Gasteiger partial charge >= 0.3 is 5.97 Å². The molecular formula is C11H17N3O4S2. The SMILES string of the molecule is Cc1nc(CNS(=O)(=O)N2CCC[C@@H](C(=O)O)C2)cs1. The Morgan fingerprint density at radius 2 is 2.40 bits per heavy atom. The van der Waals surface area contributed by atoms with Gasteiger partial charge in [-0.25, -0.2) is 4.98 Å². The minimum Gasteiger partial charge on any atom is -0.481 e. The van der Waals surface area contributed by atoms with E-state index in [-0.39, 0.29) is 13.1 Å². The number of carboxylic acid groups (broad SMARTS) is 1. The average Bonchev–Trinajstić information content (AvgIpc) is 2.82. The van der Waals surface area contributed by atoms with E-state index < -0.39 is 22.1 Å². The van der Waals surface area contributed by atoms with Gasteiger partial charge in [0.05, 0.1) is 23.2 Å². The number of thiazole rings is 1. The third-order valence-electron chi connectivity index (χ3n) is 3.18. The van der Waals surface area contributed by atoms with Gasteiger partial charge in [0.15, 0.2) is 0 Å². The topological polar surface area (TPSA) is 99.6 Å². The number of nitrogens with zero attached hydrogens (tertiary/aromatic N) is 2. The van der Waals surface area contributed by atoms with E-state index in [1.807, 2.05) is 6.92 Å². The van der Waals surface area contributed by atoms with Crippen LogP contribution in [0.5, 0.6) is 0 Å². The van der Waals surface area contributed by atoms with Crippen molar-refractivity contribution in [2.75, 3.05) is 13.1 Å². The first-order chi connectivity index (χ1) is 9.38. The Labute approximate surface area is 121 Å². The molecular weight excluding hydrogens is 302 g/mol. The maximum absolute atomic E-state index is 12.1. The Morgan fingerprint density at radius 3 is 3.00 bits per heavy atom. The van der Waals surface area contributed by atoms with Crippen LogP contribution >= 0.6 is 11.3 Å². The summed E-state index contributed by atoms with van der Waals surface area (Å²) in [7, 11) is -3.65. The number of piperidine rings is 1. The number of aromatic nitrogens is 1. The van der Waals surface area contributed by atoms with E-state index in [0.717, 1.165) is 5.01 Å². The molecule has 0 unspecified atom stereocenters. The lowest BCUT2D eigenvalue weighted by Crippen LogP contribution is -2.47. The monoisotopic (exact) mass is 319 g/mol. The number of carboxylic acids is 1. The molecule has 1 atom stereocenters. The lowest BCUT2D eigenvalue weighted by atomic mass is 10.0. The van der Waals surface area contributed by atoms with Crippen LogP contribution in [0.3, 0.4) is 0 Å². The lowest BCUT2D eigenvalue weighted by Gasteiger charge is -2.29. The van der Waals surface area contributed by atoms with Gasteiger partial charge in [0, 0.05) is 18.5 Å². The summed E-state index contributed by atoms with van der Waals surface area (Å²) in [4.78, 5) is 15.1. The van der Waals surface area contributed by atoms with Crippen LogP contribution in [0.4, 0.5) is 0 Å². The fraction of sp³-hybridized carbons (Fsp3) is 0.636. The zero-order valence-corrected chi connectivity index (χ0v) is 12.7. The van der Waals surface area contributed by atoms with Gasteiger partial charge in [0.2, 0.25) is 0 Å². The molecule has 1 saturated heterocycles. The van der Waals surface area contributed by atoms with Crippen molar-refractivity contribution in [3.05, 3.63) is 16.1 Å². The quantitative estimate of drug-likeness (QED) is 0.827. The predicted molar refractivity (Wildman–Crippen MR) is 74.5 cm³/mol.